The molecule has 0 fully saturated rings. The molecule has 4 aromatic rings. The van der Waals surface area contributed by atoms with E-state index in [1.54, 1.807) is 7.11 Å². The Morgan fingerprint density at radius 2 is 1.59 bits per heavy atom. The van der Waals surface area contributed by atoms with E-state index in [1.165, 1.54) is 0 Å². The van der Waals surface area contributed by atoms with Crippen molar-refractivity contribution in [1.82, 2.24) is 9.55 Å². The van der Waals surface area contributed by atoms with Gasteiger partial charge in [0.25, 0.3) is 0 Å². The van der Waals surface area contributed by atoms with Crippen molar-refractivity contribution in [3.05, 3.63) is 96.8 Å². The number of rotatable bonds is 11. The number of ether oxygens (including phenoxy) is 3. The zero-order chi connectivity index (χ0) is 22.2. The molecule has 1 heterocycles. The van der Waals surface area contributed by atoms with Crippen LogP contribution >= 0.6 is 0 Å². The van der Waals surface area contributed by atoms with Gasteiger partial charge in [-0.15, -0.1) is 6.58 Å². The molecule has 3 aromatic carbocycles. The summed E-state index contributed by atoms with van der Waals surface area (Å²) >= 11 is 0. The summed E-state index contributed by atoms with van der Waals surface area (Å²) in [5, 5.41) is 0. The summed E-state index contributed by atoms with van der Waals surface area (Å²) in [6, 6.07) is 23.9. The highest BCUT2D eigenvalue weighted by atomic mass is 16.5. The number of imidazole rings is 1. The monoisotopic (exact) mass is 428 g/mol. The third-order valence-corrected chi connectivity index (χ3v) is 5.28. The van der Waals surface area contributed by atoms with Crippen LogP contribution in [0, 0.1) is 0 Å². The largest absolute Gasteiger partial charge is 0.493 e. The summed E-state index contributed by atoms with van der Waals surface area (Å²) < 4.78 is 19.7. The lowest BCUT2D eigenvalue weighted by molar-refractivity contribution is 0.272. The molecule has 4 rings (SSSR count). The molecular weight excluding hydrogens is 400 g/mol. The zero-order valence-electron chi connectivity index (χ0n) is 18.4. The third-order valence-electron chi connectivity index (χ3n) is 5.28. The van der Waals surface area contributed by atoms with Gasteiger partial charge in [0.1, 0.15) is 18.2 Å². The number of hydrogen-bond acceptors (Lipinski definition) is 4. The van der Waals surface area contributed by atoms with Crippen LogP contribution in [0.3, 0.4) is 0 Å². The quantitative estimate of drug-likeness (QED) is 0.223. The Hall–Kier alpha value is -3.73. The molecule has 0 atom stereocenters. The van der Waals surface area contributed by atoms with Crippen LogP contribution in [0.2, 0.25) is 0 Å². The van der Waals surface area contributed by atoms with E-state index >= 15 is 0 Å². The van der Waals surface area contributed by atoms with Gasteiger partial charge < -0.3 is 18.8 Å². The maximum atomic E-state index is 6.17. The smallest absolute Gasteiger partial charge is 0.161 e. The molecule has 32 heavy (non-hydrogen) atoms. The second-order valence-electron chi connectivity index (χ2n) is 7.41. The summed E-state index contributed by atoms with van der Waals surface area (Å²) in [4.78, 5) is 4.82. The van der Waals surface area contributed by atoms with Crippen molar-refractivity contribution in [3.8, 4) is 17.2 Å². The van der Waals surface area contributed by atoms with Gasteiger partial charge in [-0.1, -0.05) is 48.5 Å². The molecular formula is C27H28N2O3. The fourth-order valence-corrected chi connectivity index (χ4v) is 3.74. The van der Waals surface area contributed by atoms with Crippen molar-refractivity contribution in [2.24, 2.45) is 0 Å². The van der Waals surface area contributed by atoms with E-state index in [0.717, 1.165) is 59.1 Å². The number of benzene rings is 3. The molecule has 0 saturated heterocycles. The van der Waals surface area contributed by atoms with Crippen molar-refractivity contribution in [3.63, 3.8) is 0 Å². The molecule has 0 N–H and O–H groups in total. The topological polar surface area (TPSA) is 45.5 Å². The molecule has 0 aliphatic heterocycles. The average molecular weight is 429 g/mol. The second kappa shape index (κ2) is 10.5. The molecule has 1 aromatic heterocycles. The highest BCUT2D eigenvalue weighted by Crippen LogP contribution is 2.26. The standard InChI is InChI=1S/C27H28N2O3/c1-3-11-21-12-4-7-15-24(21)32-20-27-28-22-13-5-6-14-23(22)29(27)18-10-19-31-26-17-9-8-16-25(26)30-2/h3-9,12-17H,1,10-11,18-20H2,2H3. The number of aryl methyl sites for hydroxylation is 1. The first-order valence-corrected chi connectivity index (χ1v) is 10.8. The highest BCUT2D eigenvalue weighted by molar-refractivity contribution is 5.75. The Morgan fingerprint density at radius 1 is 0.875 bits per heavy atom. The highest BCUT2D eigenvalue weighted by Gasteiger charge is 2.12. The van der Waals surface area contributed by atoms with Gasteiger partial charge in [0.2, 0.25) is 0 Å². The number of allylic oxidation sites excluding steroid dienone is 1. The van der Waals surface area contributed by atoms with Crippen molar-refractivity contribution in [2.45, 2.75) is 26.0 Å². The Kier molecular flexibility index (Phi) is 7.08. The summed E-state index contributed by atoms with van der Waals surface area (Å²) in [6.07, 6.45) is 3.49. The third kappa shape index (κ3) is 4.94. The Labute approximate surface area is 188 Å². The number of aromatic nitrogens is 2. The van der Waals surface area contributed by atoms with Crippen LogP contribution in [0.5, 0.6) is 17.2 Å². The Morgan fingerprint density at radius 3 is 2.41 bits per heavy atom. The number of methoxy groups -OCH3 is 1. The van der Waals surface area contributed by atoms with Gasteiger partial charge in [0.05, 0.1) is 24.8 Å². The molecule has 0 amide bonds. The lowest BCUT2D eigenvalue weighted by atomic mass is 10.1. The van der Waals surface area contributed by atoms with Crippen molar-refractivity contribution >= 4 is 11.0 Å². The normalized spacial score (nSPS) is 10.8. The molecule has 5 heteroatoms. The molecule has 0 unspecified atom stereocenters. The lowest BCUT2D eigenvalue weighted by Gasteiger charge is -2.13. The maximum Gasteiger partial charge on any atom is 0.161 e. The number of nitrogens with zero attached hydrogens (tertiary/aromatic N) is 2. The van der Waals surface area contributed by atoms with E-state index in [9.17, 15) is 0 Å². The SMILES string of the molecule is C=CCc1ccccc1OCc1nc2ccccc2n1CCCOc1ccccc1OC. The minimum absolute atomic E-state index is 0.399. The van der Waals surface area contributed by atoms with Crippen LogP contribution in [0.15, 0.2) is 85.5 Å². The number of fused-ring (bicyclic) bond motifs is 1. The lowest BCUT2D eigenvalue weighted by Crippen LogP contribution is -2.10. The Bertz CT molecular complexity index is 1180. The van der Waals surface area contributed by atoms with Gasteiger partial charge >= 0.3 is 0 Å². The minimum Gasteiger partial charge on any atom is -0.493 e. The predicted molar refractivity (Wildman–Crippen MR) is 128 cm³/mol. The van der Waals surface area contributed by atoms with Gasteiger partial charge in [0.15, 0.2) is 11.5 Å². The number of para-hydroxylation sites is 5. The number of hydrogen-bond donors (Lipinski definition) is 0. The Balaban J connectivity index is 1.46. The molecule has 5 nitrogen and oxygen atoms in total. The van der Waals surface area contributed by atoms with Crippen LogP contribution in [-0.2, 0) is 19.6 Å². The predicted octanol–water partition coefficient (Wildman–Crippen LogP) is 5.82. The van der Waals surface area contributed by atoms with E-state index in [2.05, 4.69) is 23.3 Å². The van der Waals surface area contributed by atoms with Gasteiger partial charge in [-0.05, 0) is 48.7 Å². The van der Waals surface area contributed by atoms with Crippen molar-refractivity contribution in [1.29, 1.82) is 0 Å². The van der Waals surface area contributed by atoms with E-state index < -0.39 is 0 Å². The first kappa shape index (κ1) is 21.5. The van der Waals surface area contributed by atoms with Gasteiger partial charge in [-0.2, -0.15) is 0 Å². The van der Waals surface area contributed by atoms with Crippen molar-refractivity contribution in [2.75, 3.05) is 13.7 Å². The van der Waals surface area contributed by atoms with E-state index in [-0.39, 0.29) is 0 Å². The molecule has 0 aliphatic rings. The van der Waals surface area contributed by atoms with Crippen molar-refractivity contribution < 1.29 is 14.2 Å². The molecule has 0 saturated carbocycles. The van der Waals surface area contributed by atoms with Crippen LogP contribution in [0.1, 0.15) is 17.8 Å². The fourth-order valence-electron chi connectivity index (χ4n) is 3.74. The minimum atomic E-state index is 0.399. The summed E-state index contributed by atoms with van der Waals surface area (Å²) in [5.74, 6) is 3.27. The molecule has 164 valence electrons. The molecule has 0 aliphatic carbocycles. The summed E-state index contributed by atoms with van der Waals surface area (Å²) in [7, 11) is 1.65. The molecule has 0 spiro atoms. The zero-order valence-corrected chi connectivity index (χ0v) is 18.4. The van der Waals surface area contributed by atoms with E-state index in [1.807, 2.05) is 66.7 Å². The van der Waals surface area contributed by atoms with Gasteiger partial charge in [0, 0.05) is 6.54 Å². The summed E-state index contributed by atoms with van der Waals surface area (Å²) in [6.45, 7) is 5.60. The van der Waals surface area contributed by atoms with E-state index in [0.29, 0.717) is 13.2 Å². The molecule has 0 radical (unpaired) electrons. The van der Waals surface area contributed by atoms with Crippen LogP contribution in [0.4, 0.5) is 0 Å². The average Bonchev–Trinajstić information content (AvgIpc) is 3.19. The van der Waals surface area contributed by atoms with Gasteiger partial charge in [-0.3, -0.25) is 0 Å². The molecule has 0 bridgehead atoms. The van der Waals surface area contributed by atoms with Crippen LogP contribution in [-0.4, -0.2) is 23.3 Å². The van der Waals surface area contributed by atoms with Crippen LogP contribution < -0.4 is 14.2 Å². The first-order chi connectivity index (χ1) is 15.8. The second-order valence-corrected chi connectivity index (χ2v) is 7.41. The van der Waals surface area contributed by atoms with Gasteiger partial charge in [-0.25, -0.2) is 4.98 Å². The van der Waals surface area contributed by atoms with Crippen LogP contribution in [0.25, 0.3) is 11.0 Å². The summed E-state index contributed by atoms with van der Waals surface area (Å²) in [5.41, 5.74) is 3.19. The first-order valence-electron chi connectivity index (χ1n) is 10.8. The maximum absolute atomic E-state index is 6.17. The van der Waals surface area contributed by atoms with E-state index in [4.69, 9.17) is 19.2 Å². The fraction of sp³-hybridized carbons (Fsp3) is 0.222.